The minimum absolute atomic E-state index is 0. The third-order valence-electron chi connectivity index (χ3n) is 2.60. The van der Waals surface area contributed by atoms with Crippen LogP contribution in [0.4, 0.5) is 0 Å². The minimum Gasteiger partial charge on any atom is -1.00 e. The summed E-state index contributed by atoms with van der Waals surface area (Å²) in [6, 6.07) is 18.3. The first-order valence-electron chi connectivity index (χ1n) is 6.80. The van der Waals surface area contributed by atoms with Crippen LogP contribution in [0, 0.1) is 0 Å². The van der Waals surface area contributed by atoms with Gasteiger partial charge >= 0.3 is 23.1 Å². The molecule has 0 heterocycles. The zero-order valence-electron chi connectivity index (χ0n) is 15.1. The molecule has 0 amide bonds. The SMILES string of the molecule is C=CCOS(=O)(=O)c1ccccc1.C=CCc1ccccc1.[H-].[H-].[Mg+2]. The Labute approximate surface area is 157 Å². The van der Waals surface area contributed by atoms with E-state index in [1.807, 2.05) is 24.3 Å². The molecule has 0 aliphatic rings. The number of hydrogen-bond acceptors (Lipinski definition) is 3. The minimum atomic E-state index is -3.59. The zero-order chi connectivity index (χ0) is 16.3. The molecule has 0 bridgehead atoms. The van der Waals surface area contributed by atoms with Gasteiger partial charge in [-0.15, -0.1) is 13.2 Å². The van der Waals surface area contributed by atoms with E-state index >= 15 is 0 Å². The molecule has 0 aliphatic carbocycles. The molecule has 2 aromatic rings. The van der Waals surface area contributed by atoms with Crippen LogP contribution in [-0.2, 0) is 20.7 Å². The average molecular weight is 343 g/mol. The molecule has 0 saturated heterocycles. The Balaban J connectivity index is -0.000000362. The van der Waals surface area contributed by atoms with Gasteiger partial charge in [-0.25, -0.2) is 0 Å². The molecule has 0 atom stereocenters. The van der Waals surface area contributed by atoms with Crippen molar-refractivity contribution in [3.05, 3.63) is 91.5 Å². The van der Waals surface area contributed by atoms with E-state index in [2.05, 4.69) is 29.5 Å². The van der Waals surface area contributed by atoms with Crippen LogP contribution in [-0.4, -0.2) is 38.1 Å². The predicted octanol–water partition coefficient (Wildman–Crippen LogP) is 3.84. The second-order valence-corrected chi connectivity index (χ2v) is 5.93. The molecule has 0 N–H and O–H groups in total. The topological polar surface area (TPSA) is 43.4 Å². The van der Waals surface area contributed by atoms with E-state index in [0.717, 1.165) is 6.42 Å². The van der Waals surface area contributed by atoms with E-state index < -0.39 is 10.1 Å². The number of allylic oxidation sites excluding steroid dienone is 1. The van der Waals surface area contributed by atoms with Gasteiger partial charge in [-0.2, -0.15) is 8.42 Å². The summed E-state index contributed by atoms with van der Waals surface area (Å²) >= 11 is 0. The van der Waals surface area contributed by atoms with E-state index in [4.69, 9.17) is 0 Å². The smallest absolute Gasteiger partial charge is 1.00 e. The fourth-order valence-corrected chi connectivity index (χ4v) is 2.48. The molecule has 2 aromatic carbocycles. The van der Waals surface area contributed by atoms with Crippen LogP contribution >= 0.6 is 0 Å². The Morgan fingerprint density at radius 3 is 1.91 bits per heavy atom. The van der Waals surface area contributed by atoms with Crippen LogP contribution in [0.1, 0.15) is 8.42 Å². The van der Waals surface area contributed by atoms with Gasteiger partial charge in [0, 0.05) is 0 Å². The molecule has 0 radical (unpaired) electrons. The summed E-state index contributed by atoms with van der Waals surface area (Å²) in [4.78, 5) is 0.164. The molecule has 3 nitrogen and oxygen atoms in total. The fourth-order valence-electron chi connectivity index (χ4n) is 1.57. The molecule has 23 heavy (non-hydrogen) atoms. The first-order chi connectivity index (χ1) is 10.6. The van der Waals surface area contributed by atoms with Crippen molar-refractivity contribution in [2.45, 2.75) is 11.3 Å². The van der Waals surface area contributed by atoms with Crippen molar-refractivity contribution in [2.24, 2.45) is 0 Å². The summed E-state index contributed by atoms with van der Waals surface area (Å²) in [5.41, 5.74) is 1.33. The van der Waals surface area contributed by atoms with E-state index in [1.165, 1.54) is 23.8 Å². The van der Waals surface area contributed by atoms with Crippen LogP contribution in [0.25, 0.3) is 0 Å². The van der Waals surface area contributed by atoms with Gasteiger partial charge in [0.15, 0.2) is 0 Å². The second kappa shape index (κ2) is 12.1. The molecule has 0 saturated carbocycles. The van der Waals surface area contributed by atoms with Crippen LogP contribution in [0.5, 0.6) is 0 Å². The summed E-state index contributed by atoms with van der Waals surface area (Å²) in [6.45, 7) is 7.02. The molecule has 0 aromatic heterocycles. The maximum Gasteiger partial charge on any atom is 2.00 e. The van der Waals surface area contributed by atoms with Gasteiger partial charge in [0.1, 0.15) is 0 Å². The van der Waals surface area contributed by atoms with Gasteiger partial charge in [0.05, 0.1) is 11.5 Å². The average Bonchev–Trinajstić information content (AvgIpc) is 2.56. The van der Waals surface area contributed by atoms with E-state index in [9.17, 15) is 8.42 Å². The maximum atomic E-state index is 11.3. The molecule has 120 valence electrons. The van der Waals surface area contributed by atoms with E-state index in [-0.39, 0.29) is 37.4 Å². The van der Waals surface area contributed by atoms with Gasteiger partial charge in [-0.1, -0.05) is 60.7 Å². The Kier molecular flexibility index (Phi) is 11.3. The van der Waals surface area contributed by atoms with E-state index in [0.29, 0.717) is 0 Å². The summed E-state index contributed by atoms with van der Waals surface area (Å²) in [5.74, 6) is 0. The summed E-state index contributed by atoms with van der Waals surface area (Å²) in [6.07, 6.45) is 4.27. The largest absolute Gasteiger partial charge is 2.00 e. The van der Waals surface area contributed by atoms with Crippen LogP contribution in [0.2, 0.25) is 0 Å². The maximum absolute atomic E-state index is 11.3. The van der Waals surface area contributed by atoms with Gasteiger partial charge in [-0.05, 0) is 24.1 Å². The van der Waals surface area contributed by atoms with Gasteiger partial charge in [0.25, 0.3) is 10.1 Å². The monoisotopic (exact) mass is 342 g/mol. The van der Waals surface area contributed by atoms with Gasteiger partial charge < -0.3 is 2.85 Å². The van der Waals surface area contributed by atoms with Crippen LogP contribution < -0.4 is 0 Å². The van der Waals surface area contributed by atoms with E-state index in [1.54, 1.807) is 18.2 Å². The van der Waals surface area contributed by atoms with Gasteiger partial charge in [-0.3, -0.25) is 4.18 Å². The normalized spacial score (nSPS) is 9.74. The van der Waals surface area contributed by atoms with Crippen molar-refractivity contribution in [1.82, 2.24) is 0 Å². The quantitative estimate of drug-likeness (QED) is 0.455. The van der Waals surface area contributed by atoms with Crippen LogP contribution in [0.15, 0.2) is 90.9 Å². The molecular weight excluding hydrogens is 321 g/mol. The molecule has 0 spiro atoms. The Morgan fingerprint density at radius 1 is 0.913 bits per heavy atom. The van der Waals surface area contributed by atoms with Crippen molar-refractivity contribution >= 4 is 33.2 Å². The Morgan fingerprint density at radius 2 is 1.43 bits per heavy atom. The Bertz CT molecular complexity index is 678. The number of benzene rings is 2. The van der Waals surface area contributed by atoms with Crippen molar-refractivity contribution in [1.29, 1.82) is 0 Å². The summed E-state index contributed by atoms with van der Waals surface area (Å²) < 4.78 is 27.3. The summed E-state index contributed by atoms with van der Waals surface area (Å²) in [7, 11) is -3.59. The van der Waals surface area contributed by atoms with Crippen LogP contribution in [0.3, 0.4) is 0 Å². The van der Waals surface area contributed by atoms with Crippen molar-refractivity contribution in [3.8, 4) is 0 Å². The zero-order valence-corrected chi connectivity index (χ0v) is 15.3. The predicted molar refractivity (Wildman–Crippen MR) is 98.1 cm³/mol. The van der Waals surface area contributed by atoms with Crippen molar-refractivity contribution in [2.75, 3.05) is 6.61 Å². The molecule has 0 unspecified atom stereocenters. The molecule has 0 fully saturated rings. The van der Waals surface area contributed by atoms with Crippen molar-refractivity contribution in [3.63, 3.8) is 0 Å². The second-order valence-electron chi connectivity index (χ2n) is 4.32. The van der Waals surface area contributed by atoms with Crippen molar-refractivity contribution < 1.29 is 15.5 Å². The first-order valence-corrected chi connectivity index (χ1v) is 8.21. The molecular formula is C18H22MgO3S. The standard InChI is InChI=1S/C9H10O3S.C9H10.Mg.2H/c1-2-8-12-13(10,11)9-6-4-3-5-7-9;1-2-6-9-7-4-3-5-8-9;;;/h2-7H,1,8H2;2-5,7-8H,1,6H2;;;/q;;+2;2*-1. The fraction of sp³-hybridized carbons (Fsp3) is 0.111. The summed E-state index contributed by atoms with van der Waals surface area (Å²) in [5, 5.41) is 0. The third kappa shape index (κ3) is 8.71. The number of rotatable bonds is 6. The van der Waals surface area contributed by atoms with Gasteiger partial charge in [0.2, 0.25) is 0 Å². The molecule has 5 heteroatoms. The number of hydrogen-bond donors (Lipinski definition) is 0. The first kappa shape index (κ1) is 21.6. The Hall–Kier alpha value is -1.40. The third-order valence-corrected chi connectivity index (χ3v) is 3.89. The molecule has 2 rings (SSSR count). The molecule has 0 aliphatic heterocycles.